The number of nitrogens with zero attached hydrogens (tertiary/aromatic N) is 3. The summed E-state index contributed by atoms with van der Waals surface area (Å²) in [5, 5.41) is 23.6. The van der Waals surface area contributed by atoms with Crippen LogP contribution >= 0.6 is 11.3 Å². The van der Waals surface area contributed by atoms with Gasteiger partial charge in [-0.25, -0.2) is 15.0 Å². The average molecular weight is 476 g/mol. The van der Waals surface area contributed by atoms with Crippen molar-refractivity contribution in [3.63, 3.8) is 0 Å². The molecule has 5 rings (SSSR count). The molecule has 2 saturated carbocycles. The molecule has 3 aromatic rings. The molecule has 0 amide bonds. The first kappa shape index (κ1) is 21.8. The normalized spacial score (nSPS) is 26.2. The highest BCUT2D eigenvalue weighted by Crippen LogP contribution is 2.64. The van der Waals surface area contributed by atoms with Crippen LogP contribution in [0.3, 0.4) is 0 Å². The van der Waals surface area contributed by atoms with Crippen LogP contribution in [0.5, 0.6) is 0 Å². The van der Waals surface area contributed by atoms with E-state index in [1.165, 1.54) is 11.3 Å². The van der Waals surface area contributed by atoms with Crippen molar-refractivity contribution in [3.8, 4) is 10.4 Å². The van der Waals surface area contributed by atoms with Gasteiger partial charge in [-0.3, -0.25) is 4.79 Å². The minimum absolute atomic E-state index is 0.0120. The van der Waals surface area contributed by atoms with E-state index in [1.54, 1.807) is 18.3 Å². The first-order valence-electron chi connectivity index (χ1n) is 10.2. The maximum Gasteiger partial charge on any atom is 0.433 e. The molecule has 0 radical (unpaired) electrons. The molecule has 2 aromatic heterocycles. The lowest BCUT2D eigenvalue weighted by atomic mass is 9.95. The van der Waals surface area contributed by atoms with Gasteiger partial charge in [-0.05, 0) is 60.9 Å². The molecule has 1 aromatic carbocycles. The van der Waals surface area contributed by atoms with Crippen molar-refractivity contribution in [2.45, 2.75) is 31.5 Å². The van der Waals surface area contributed by atoms with E-state index in [2.05, 4.69) is 20.3 Å². The van der Waals surface area contributed by atoms with Crippen LogP contribution in [0.25, 0.3) is 10.4 Å². The molecule has 2 fully saturated rings. The van der Waals surface area contributed by atoms with Gasteiger partial charge in [0.05, 0.1) is 10.8 Å². The Morgan fingerprint density at radius 1 is 1.21 bits per heavy atom. The van der Waals surface area contributed by atoms with Gasteiger partial charge in [0.2, 0.25) is 5.95 Å². The Morgan fingerprint density at radius 2 is 1.94 bits per heavy atom. The Labute approximate surface area is 190 Å². The van der Waals surface area contributed by atoms with Gasteiger partial charge in [0.15, 0.2) is 0 Å². The van der Waals surface area contributed by atoms with Gasteiger partial charge in [0.25, 0.3) is 0 Å². The van der Waals surface area contributed by atoms with Gasteiger partial charge >= 0.3 is 12.1 Å². The Kier molecular flexibility index (Phi) is 4.94. The number of fused-ring (bicyclic) bond motifs is 1. The second kappa shape index (κ2) is 7.49. The lowest BCUT2D eigenvalue weighted by Crippen LogP contribution is -2.25. The number of hydrogen-bond acceptors (Lipinski definition) is 7. The summed E-state index contributed by atoms with van der Waals surface area (Å²) in [5.41, 5.74) is 0.00357. The van der Waals surface area contributed by atoms with E-state index in [1.807, 2.05) is 13.0 Å². The predicted octanol–water partition coefficient (Wildman–Crippen LogP) is 4.60. The van der Waals surface area contributed by atoms with Gasteiger partial charge in [-0.1, -0.05) is 6.07 Å². The summed E-state index contributed by atoms with van der Waals surface area (Å²) in [5.74, 6) is -1.37. The Bertz CT molecular complexity index is 1230. The zero-order chi connectivity index (χ0) is 23.5. The Balaban J connectivity index is 1.37. The Hall–Kier alpha value is -3.05. The number of aliphatic hydroxyl groups is 1. The van der Waals surface area contributed by atoms with Crippen LogP contribution in [0.1, 0.15) is 29.1 Å². The van der Waals surface area contributed by atoms with E-state index in [0.29, 0.717) is 23.5 Å². The van der Waals surface area contributed by atoms with Crippen molar-refractivity contribution in [1.82, 2.24) is 15.0 Å². The van der Waals surface area contributed by atoms with Crippen molar-refractivity contribution < 1.29 is 28.2 Å². The summed E-state index contributed by atoms with van der Waals surface area (Å²) < 4.78 is 38.8. The van der Waals surface area contributed by atoms with Crippen molar-refractivity contribution >= 4 is 28.9 Å². The van der Waals surface area contributed by atoms with E-state index in [9.17, 15) is 28.2 Å². The molecule has 172 valence electrons. The number of anilines is 2. The molecular formula is C22H19F3N4O3S. The highest BCUT2D eigenvalue weighted by molar-refractivity contribution is 7.15. The minimum Gasteiger partial charge on any atom is -0.481 e. The van der Waals surface area contributed by atoms with E-state index in [4.69, 9.17) is 0 Å². The largest absolute Gasteiger partial charge is 0.481 e. The highest BCUT2D eigenvalue weighted by atomic mass is 32.1. The maximum atomic E-state index is 12.9. The number of thiazole rings is 1. The van der Waals surface area contributed by atoms with Crippen molar-refractivity contribution in [2.75, 3.05) is 5.32 Å². The number of alkyl halides is 3. The van der Waals surface area contributed by atoms with Crippen LogP contribution in [0.15, 0.2) is 36.7 Å². The predicted molar refractivity (Wildman–Crippen MR) is 114 cm³/mol. The summed E-state index contributed by atoms with van der Waals surface area (Å²) in [6.45, 7) is 1.85. The lowest BCUT2D eigenvalue weighted by molar-refractivity contribution is -0.141. The third-order valence-corrected chi connectivity index (χ3v) is 7.47. The fraction of sp³-hybridized carbons (Fsp3) is 0.364. The summed E-state index contributed by atoms with van der Waals surface area (Å²) in [6, 6.07) is 6.23. The number of carboxylic acid groups (broad SMARTS) is 1. The number of hydrogen-bond donors (Lipinski definition) is 3. The average Bonchev–Trinajstić information content (AvgIpc) is 3.07. The number of halogens is 3. The topological polar surface area (TPSA) is 108 Å². The molecule has 2 unspecified atom stereocenters. The SMILES string of the molecule is Cc1cc(Nc2nccc(C(F)(F)F)n2)cc(-c2cnc(C3(O)CC4C(C3)C4C(=O)O)s2)c1. The van der Waals surface area contributed by atoms with E-state index in [0.717, 1.165) is 28.3 Å². The van der Waals surface area contributed by atoms with E-state index < -0.39 is 23.4 Å². The third-order valence-electron chi connectivity index (χ3n) is 6.23. The van der Waals surface area contributed by atoms with Crippen LogP contribution in [0, 0.1) is 24.7 Å². The number of benzene rings is 1. The molecule has 0 saturated heterocycles. The number of aromatic nitrogens is 3. The first-order valence-corrected chi connectivity index (χ1v) is 11.1. The van der Waals surface area contributed by atoms with Gasteiger partial charge < -0.3 is 15.5 Å². The molecule has 2 atom stereocenters. The maximum absolute atomic E-state index is 12.9. The molecule has 7 nitrogen and oxygen atoms in total. The standard InChI is InChI=1S/C22H19F3N4O3S/c1-10-4-11(6-12(5-10)28-20-26-3-2-16(29-20)22(23,24)25)15-9-27-19(33-15)21(32)7-13-14(8-21)17(13)18(30)31/h2-6,9,13-14,17,32H,7-8H2,1H3,(H,30,31)(H,26,28,29). The quantitative estimate of drug-likeness (QED) is 0.494. The zero-order valence-corrected chi connectivity index (χ0v) is 18.1. The van der Waals surface area contributed by atoms with Crippen molar-refractivity contribution in [1.29, 1.82) is 0 Å². The minimum atomic E-state index is -4.57. The van der Waals surface area contributed by atoms with Crippen molar-refractivity contribution in [2.24, 2.45) is 17.8 Å². The molecule has 2 heterocycles. The molecule has 2 aliphatic carbocycles. The summed E-state index contributed by atoms with van der Waals surface area (Å²) >= 11 is 1.33. The smallest absolute Gasteiger partial charge is 0.433 e. The number of nitrogens with one attached hydrogen (secondary N) is 1. The van der Waals surface area contributed by atoms with Gasteiger partial charge in [-0.15, -0.1) is 11.3 Å². The zero-order valence-electron chi connectivity index (χ0n) is 17.3. The number of rotatable bonds is 5. The lowest BCUT2D eigenvalue weighted by Gasteiger charge is -2.22. The summed E-state index contributed by atoms with van der Waals surface area (Å²) in [7, 11) is 0. The monoisotopic (exact) mass is 476 g/mol. The molecule has 11 heteroatoms. The van der Waals surface area contributed by atoms with E-state index >= 15 is 0 Å². The number of carbonyl (C=O) groups is 1. The molecule has 0 spiro atoms. The fourth-order valence-electron chi connectivity index (χ4n) is 4.73. The second-order valence-corrected chi connectivity index (χ2v) is 9.67. The van der Waals surface area contributed by atoms with Gasteiger partial charge in [0.1, 0.15) is 16.3 Å². The molecule has 3 N–H and O–H groups in total. The van der Waals surface area contributed by atoms with Crippen LogP contribution < -0.4 is 5.32 Å². The second-order valence-electron chi connectivity index (χ2n) is 8.64. The van der Waals surface area contributed by atoms with Crippen LogP contribution in [-0.2, 0) is 16.6 Å². The molecule has 0 aliphatic heterocycles. The van der Waals surface area contributed by atoms with Crippen LogP contribution in [0.2, 0.25) is 0 Å². The van der Waals surface area contributed by atoms with E-state index in [-0.39, 0.29) is 23.7 Å². The van der Waals surface area contributed by atoms with Crippen molar-refractivity contribution in [3.05, 3.63) is 52.9 Å². The molecular weight excluding hydrogens is 457 g/mol. The number of carboxylic acids is 1. The van der Waals surface area contributed by atoms with Crippen LogP contribution in [0.4, 0.5) is 24.8 Å². The van der Waals surface area contributed by atoms with Gasteiger partial charge in [-0.2, -0.15) is 13.2 Å². The van der Waals surface area contributed by atoms with Crippen LogP contribution in [-0.4, -0.2) is 31.1 Å². The third kappa shape index (κ3) is 4.06. The summed E-state index contributed by atoms with van der Waals surface area (Å²) in [6.07, 6.45) is -1.10. The number of aryl methyl sites for hydroxylation is 1. The molecule has 0 bridgehead atoms. The highest BCUT2D eigenvalue weighted by Gasteiger charge is 2.65. The fourth-order valence-corrected chi connectivity index (χ4v) is 5.74. The molecule has 33 heavy (non-hydrogen) atoms. The molecule has 2 aliphatic rings. The van der Waals surface area contributed by atoms with Gasteiger partial charge in [0, 0.05) is 18.1 Å². The number of aliphatic carboxylic acids is 1. The first-order chi connectivity index (χ1) is 15.5. The Morgan fingerprint density at radius 3 is 2.61 bits per heavy atom. The summed E-state index contributed by atoms with van der Waals surface area (Å²) in [4.78, 5) is 23.8.